The normalized spacial score (nSPS) is 24.0. The van der Waals surface area contributed by atoms with Crippen molar-refractivity contribution in [2.45, 2.75) is 12.3 Å². The Morgan fingerprint density at radius 1 is 1.69 bits per heavy atom. The van der Waals surface area contributed by atoms with E-state index >= 15 is 0 Å². The second-order valence-electron chi connectivity index (χ2n) is 3.17. The minimum absolute atomic E-state index is 0.101. The summed E-state index contributed by atoms with van der Waals surface area (Å²) in [5.74, 6) is 0.526. The Balaban J connectivity index is 2.30. The van der Waals surface area contributed by atoms with Gasteiger partial charge in [-0.2, -0.15) is 4.98 Å². The quantitative estimate of drug-likeness (QED) is 0.554. The Morgan fingerprint density at radius 3 is 3.00 bits per heavy atom. The van der Waals surface area contributed by atoms with Gasteiger partial charge in [0.25, 0.3) is 0 Å². The number of nitrogens with zero attached hydrogens (tertiary/aromatic N) is 3. The molecule has 16 heavy (non-hydrogen) atoms. The Hall–Kier alpha value is -1.16. The number of aromatic nitrogens is 3. The minimum Gasteiger partial charge on any atom is -0.471 e. The molecule has 2 rings (SSSR count). The molecule has 2 atom stereocenters. The lowest BCUT2D eigenvalue weighted by molar-refractivity contribution is -0.00197. The number of anilines is 1. The van der Waals surface area contributed by atoms with E-state index in [1.54, 1.807) is 6.08 Å². The first-order chi connectivity index (χ1) is 7.61. The number of aliphatic hydroxyl groups excluding tert-OH is 1. The molecule has 0 radical (unpaired) electrons. The molecule has 7 nitrogen and oxygen atoms in total. The van der Waals surface area contributed by atoms with Crippen LogP contribution in [0.1, 0.15) is 6.23 Å². The van der Waals surface area contributed by atoms with E-state index < -0.39 is 18.0 Å². The van der Waals surface area contributed by atoms with Crippen molar-refractivity contribution in [3.05, 3.63) is 28.6 Å². The van der Waals surface area contributed by atoms with E-state index in [0.29, 0.717) is 10.2 Å². The fourth-order valence-electron chi connectivity index (χ4n) is 1.36. The molecule has 0 aromatic carbocycles. The number of halogens is 1. The van der Waals surface area contributed by atoms with Gasteiger partial charge in [0, 0.05) is 0 Å². The highest BCUT2D eigenvalue weighted by atomic mass is 127. The van der Waals surface area contributed by atoms with Gasteiger partial charge in [-0.1, -0.05) is 22.6 Å². The standard InChI is InChI=1S/C8H9IN4O3/c9-2-4-1-5(14)6(16-4)13-3-11-7(10)12-8(13)15/h1,3,5-6,14H,2H2,(H2,10,12,15)/t5?,6-/m1/s1. The Bertz CT molecular complexity index is 486. The molecule has 8 heteroatoms. The molecule has 0 fully saturated rings. The minimum atomic E-state index is -0.880. The highest BCUT2D eigenvalue weighted by Crippen LogP contribution is 2.26. The van der Waals surface area contributed by atoms with E-state index in [-0.39, 0.29) is 5.95 Å². The Labute approximate surface area is 104 Å². The maximum absolute atomic E-state index is 11.5. The summed E-state index contributed by atoms with van der Waals surface area (Å²) in [5.41, 5.74) is 4.66. The van der Waals surface area contributed by atoms with Crippen LogP contribution in [0.4, 0.5) is 5.95 Å². The van der Waals surface area contributed by atoms with Crippen LogP contribution in [0.15, 0.2) is 23.0 Å². The van der Waals surface area contributed by atoms with Crippen LogP contribution in [-0.4, -0.2) is 30.2 Å². The predicted octanol–water partition coefficient (Wildman–Crippen LogP) is -0.571. The third-order valence-corrected chi connectivity index (χ3v) is 2.82. The first-order valence-electron chi connectivity index (χ1n) is 4.44. The van der Waals surface area contributed by atoms with Gasteiger partial charge >= 0.3 is 5.69 Å². The van der Waals surface area contributed by atoms with Crippen molar-refractivity contribution in [3.63, 3.8) is 0 Å². The summed E-state index contributed by atoms with van der Waals surface area (Å²) in [4.78, 5) is 18.6. The van der Waals surface area contributed by atoms with Gasteiger partial charge in [0.15, 0.2) is 0 Å². The summed E-state index contributed by atoms with van der Waals surface area (Å²) in [6.07, 6.45) is 1.08. The van der Waals surface area contributed by atoms with Crippen molar-refractivity contribution >= 4 is 28.5 Å². The second kappa shape index (κ2) is 4.37. The van der Waals surface area contributed by atoms with Gasteiger partial charge in [-0.3, -0.25) is 0 Å². The Kier molecular flexibility index (Phi) is 3.10. The van der Waals surface area contributed by atoms with Gasteiger partial charge in [0.2, 0.25) is 12.2 Å². The zero-order chi connectivity index (χ0) is 11.7. The van der Waals surface area contributed by atoms with Crippen LogP contribution in [0.25, 0.3) is 0 Å². The van der Waals surface area contributed by atoms with E-state index in [9.17, 15) is 9.90 Å². The molecule has 0 saturated heterocycles. The van der Waals surface area contributed by atoms with Crippen molar-refractivity contribution < 1.29 is 9.84 Å². The number of rotatable bonds is 2. The summed E-state index contributed by atoms with van der Waals surface area (Å²) in [7, 11) is 0. The number of nitrogens with two attached hydrogens (primary N) is 1. The first-order valence-corrected chi connectivity index (χ1v) is 5.96. The molecule has 86 valence electrons. The number of allylic oxidation sites excluding steroid dienone is 1. The van der Waals surface area contributed by atoms with Crippen LogP contribution in [-0.2, 0) is 4.74 Å². The number of ether oxygens (including phenoxy) is 1. The SMILES string of the molecule is Nc1ncn([C@@H]2OC(CI)=CC2O)c(=O)n1. The molecular weight excluding hydrogens is 327 g/mol. The molecule has 1 aromatic rings. The van der Waals surface area contributed by atoms with Crippen LogP contribution >= 0.6 is 22.6 Å². The number of hydrogen-bond donors (Lipinski definition) is 2. The maximum atomic E-state index is 11.5. The highest BCUT2D eigenvalue weighted by molar-refractivity contribution is 14.1. The molecule has 1 aliphatic heterocycles. The first kappa shape index (κ1) is 11.3. The lowest BCUT2D eigenvalue weighted by Crippen LogP contribution is -2.32. The smallest absolute Gasteiger partial charge is 0.355 e. The van der Waals surface area contributed by atoms with Crippen LogP contribution in [0.2, 0.25) is 0 Å². The second-order valence-corrected chi connectivity index (χ2v) is 3.93. The molecule has 2 heterocycles. The molecule has 0 bridgehead atoms. The average molecular weight is 336 g/mol. The molecule has 1 aliphatic rings. The molecule has 3 N–H and O–H groups in total. The number of nitrogen functional groups attached to an aromatic ring is 1. The summed E-state index contributed by atoms with van der Waals surface area (Å²) < 4.78 is 7.10. The van der Waals surface area contributed by atoms with Gasteiger partial charge in [-0.25, -0.2) is 14.3 Å². The lowest BCUT2D eigenvalue weighted by atomic mass is 10.3. The van der Waals surface area contributed by atoms with Gasteiger partial charge in [-0.15, -0.1) is 0 Å². The van der Waals surface area contributed by atoms with Crippen LogP contribution in [0.5, 0.6) is 0 Å². The maximum Gasteiger partial charge on any atom is 0.355 e. The van der Waals surface area contributed by atoms with Crippen LogP contribution < -0.4 is 11.4 Å². The molecule has 0 aliphatic carbocycles. The summed E-state index contributed by atoms with van der Waals surface area (Å²) in [6, 6.07) is 0. The molecule has 1 aromatic heterocycles. The molecule has 0 saturated carbocycles. The summed E-state index contributed by atoms with van der Waals surface area (Å²) in [5, 5.41) is 9.69. The van der Waals surface area contributed by atoms with Crippen LogP contribution in [0, 0.1) is 0 Å². The summed E-state index contributed by atoms with van der Waals surface area (Å²) >= 11 is 2.10. The number of alkyl halides is 1. The van der Waals surface area contributed by atoms with Crippen molar-refractivity contribution in [1.82, 2.24) is 14.5 Å². The van der Waals surface area contributed by atoms with Crippen molar-refractivity contribution in [1.29, 1.82) is 0 Å². The fourth-order valence-corrected chi connectivity index (χ4v) is 1.80. The average Bonchev–Trinajstić information content (AvgIpc) is 2.60. The van der Waals surface area contributed by atoms with Crippen molar-refractivity contribution in [2.24, 2.45) is 0 Å². The molecule has 0 amide bonds. The third-order valence-electron chi connectivity index (χ3n) is 2.07. The van der Waals surface area contributed by atoms with Gasteiger partial charge in [0.1, 0.15) is 18.2 Å². The highest BCUT2D eigenvalue weighted by Gasteiger charge is 2.29. The number of aliphatic hydroxyl groups is 1. The zero-order valence-electron chi connectivity index (χ0n) is 8.08. The van der Waals surface area contributed by atoms with E-state index in [0.717, 1.165) is 4.57 Å². The van der Waals surface area contributed by atoms with Gasteiger partial charge in [0.05, 0.1) is 4.43 Å². The van der Waals surface area contributed by atoms with Crippen molar-refractivity contribution in [3.8, 4) is 0 Å². The van der Waals surface area contributed by atoms with Gasteiger partial charge < -0.3 is 15.6 Å². The third kappa shape index (κ3) is 2.02. The van der Waals surface area contributed by atoms with E-state index in [4.69, 9.17) is 10.5 Å². The van der Waals surface area contributed by atoms with Crippen molar-refractivity contribution in [2.75, 3.05) is 10.2 Å². The fraction of sp³-hybridized carbons (Fsp3) is 0.375. The summed E-state index contributed by atoms with van der Waals surface area (Å²) in [6.45, 7) is 0. The molecule has 0 spiro atoms. The predicted molar refractivity (Wildman–Crippen MR) is 63.8 cm³/mol. The Morgan fingerprint density at radius 2 is 2.44 bits per heavy atom. The number of hydrogen-bond acceptors (Lipinski definition) is 6. The molecule has 1 unspecified atom stereocenters. The topological polar surface area (TPSA) is 103 Å². The van der Waals surface area contributed by atoms with E-state index in [2.05, 4.69) is 32.6 Å². The van der Waals surface area contributed by atoms with Gasteiger partial charge in [-0.05, 0) is 6.08 Å². The zero-order valence-corrected chi connectivity index (χ0v) is 10.2. The van der Waals surface area contributed by atoms with E-state index in [1.807, 2.05) is 0 Å². The van der Waals surface area contributed by atoms with Crippen LogP contribution in [0.3, 0.4) is 0 Å². The monoisotopic (exact) mass is 336 g/mol. The largest absolute Gasteiger partial charge is 0.471 e. The lowest BCUT2D eigenvalue weighted by Gasteiger charge is -2.17. The molecular formula is C8H9IN4O3. The van der Waals surface area contributed by atoms with E-state index in [1.165, 1.54) is 6.33 Å².